The van der Waals surface area contributed by atoms with Crippen molar-refractivity contribution in [3.63, 3.8) is 0 Å². The van der Waals surface area contributed by atoms with E-state index >= 15 is 0 Å². The quantitative estimate of drug-likeness (QED) is 0.721. The number of amides is 1. The minimum Gasteiger partial charge on any atom is -0.492 e. The Kier molecular flexibility index (Phi) is 4.28. The minimum atomic E-state index is -0.311. The highest BCUT2D eigenvalue weighted by Gasteiger charge is 2.16. The molecule has 0 saturated heterocycles. The van der Waals surface area contributed by atoms with Crippen LogP contribution in [0.4, 0.5) is 4.39 Å². The topological polar surface area (TPSA) is 42.7 Å². The third kappa shape index (κ3) is 3.51. The molecule has 0 bridgehead atoms. The van der Waals surface area contributed by atoms with Crippen LogP contribution in [-0.2, 0) is 0 Å². The summed E-state index contributed by atoms with van der Waals surface area (Å²) in [5, 5.41) is 0.895. The van der Waals surface area contributed by atoms with Gasteiger partial charge in [0.1, 0.15) is 23.8 Å². The van der Waals surface area contributed by atoms with Crippen molar-refractivity contribution in [1.29, 1.82) is 0 Å². The molecule has 3 aromatic rings. The van der Waals surface area contributed by atoms with Crippen LogP contribution in [0.2, 0.25) is 0 Å². The lowest BCUT2D eigenvalue weighted by atomic mass is 10.2. The smallest absolute Gasteiger partial charge is 0.289 e. The number of hydrogen-bond acceptors (Lipinski definition) is 3. The van der Waals surface area contributed by atoms with Crippen molar-refractivity contribution < 1.29 is 18.3 Å². The van der Waals surface area contributed by atoms with Crippen molar-refractivity contribution >= 4 is 16.9 Å². The summed E-state index contributed by atoms with van der Waals surface area (Å²) in [5.74, 6) is 0.352. The van der Waals surface area contributed by atoms with Crippen LogP contribution in [0.5, 0.6) is 5.75 Å². The Morgan fingerprint density at radius 2 is 1.91 bits per heavy atom. The molecule has 0 aliphatic carbocycles. The van der Waals surface area contributed by atoms with Gasteiger partial charge in [-0.25, -0.2) is 4.39 Å². The monoisotopic (exact) mass is 313 g/mol. The number of ether oxygens (including phenoxy) is 1. The van der Waals surface area contributed by atoms with Crippen molar-refractivity contribution in [3.8, 4) is 5.75 Å². The molecular formula is C18H16FNO3. The number of nitrogens with zero attached hydrogens (tertiary/aromatic N) is 1. The summed E-state index contributed by atoms with van der Waals surface area (Å²) < 4.78 is 23.8. The molecule has 0 aliphatic heterocycles. The Labute approximate surface area is 133 Å². The highest BCUT2D eigenvalue weighted by molar-refractivity contribution is 5.95. The Morgan fingerprint density at radius 3 is 2.65 bits per heavy atom. The average molecular weight is 313 g/mol. The van der Waals surface area contributed by atoms with E-state index in [0.717, 1.165) is 5.39 Å². The Hall–Kier alpha value is -2.82. The molecule has 0 unspecified atom stereocenters. The highest BCUT2D eigenvalue weighted by Crippen LogP contribution is 2.19. The van der Waals surface area contributed by atoms with Crippen LogP contribution in [0.3, 0.4) is 0 Å². The molecular weight excluding hydrogens is 297 g/mol. The maximum atomic E-state index is 12.8. The van der Waals surface area contributed by atoms with Gasteiger partial charge in [-0.05, 0) is 36.4 Å². The number of furan rings is 1. The van der Waals surface area contributed by atoms with Gasteiger partial charge in [0.15, 0.2) is 5.76 Å². The molecule has 0 atom stereocenters. The lowest BCUT2D eigenvalue weighted by molar-refractivity contribution is 0.0745. The van der Waals surface area contributed by atoms with E-state index in [1.807, 2.05) is 24.3 Å². The average Bonchev–Trinajstić information content (AvgIpc) is 3.00. The fraction of sp³-hybridized carbons (Fsp3) is 0.167. The van der Waals surface area contributed by atoms with Crippen molar-refractivity contribution in [2.45, 2.75) is 0 Å². The van der Waals surface area contributed by atoms with E-state index in [-0.39, 0.29) is 11.7 Å². The SMILES string of the molecule is CN(CCOc1ccc(F)cc1)C(=O)c1cc2ccccc2o1. The van der Waals surface area contributed by atoms with Gasteiger partial charge in [-0.15, -0.1) is 0 Å². The molecule has 1 amide bonds. The summed E-state index contributed by atoms with van der Waals surface area (Å²) in [6, 6.07) is 15.0. The molecule has 118 valence electrons. The van der Waals surface area contributed by atoms with Crippen LogP contribution >= 0.6 is 0 Å². The van der Waals surface area contributed by atoms with Gasteiger partial charge in [-0.3, -0.25) is 4.79 Å². The molecule has 1 aromatic heterocycles. The van der Waals surface area contributed by atoms with Crippen LogP contribution in [-0.4, -0.2) is 31.0 Å². The molecule has 4 nitrogen and oxygen atoms in total. The fourth-order valence-corrected chi connectivity index (χ4v) is 2.21. The minimum absolute atomic E-state index is 0.205. The lowest BCUT2D eigenvalue weighted by Gasteiger charge is -2.16. The number of para-hydroxylation sites is 1. The molecule has 5 heteroatoms. The van der Waals surface area contributed by atoms with Crippen molar-refractivity contribution in [1.82, 2.24) is 4.90 Å². The maximum absolute atomic E-state index is 12.8. The zero-order valence-corrected chi connectivity index (χ0v) is 12.7. The van der Waals surface area contributed by atoms with E-state index in [1.54, 1.807) is 25.2 Å². The third-order valence-corrected chi connectivity index (χ3v) is 3.49. The molecule has 0 N–H and O–H groups in total. The summed E-state index contributed by atoms with van der Waals surface area (Å²) in [6.45, 7) is 0.710. The zero-order chi connectivity index (χ0) is 16.2. The number of rotatable bonds is 5. The summed E-state index contributed by atoms with van der Waals surface area (Å²) >= 11 is 0. The van der Waals surface area contributed by atoms with Gasteiger partial charge in [-0.1, -0.05) is 18.2 Å². The lowest BCUT2D eigenvalue weighted by Crippen LogP contribution is -2.30. The first-order chi connectivity index (χ1) is 11.1. The van der Waals surface area contributed by atoms with Crippen LogP contribution in [0, 0.1) is 5.82 Å². The van der Waals surface area contributed by atoms with Gasteiger partial charge < -0.3 is 14.1 Å². The van der Waals surface area contributed by atoms with Gasteiger partial charge in [0.05, 0.1) is 6.54 Å². The molecule has 0 radical (unpaired) electrons. The number of halogens is 1. The summed E-state index contributed by atoms with van der Waals surface area (Å²) in [5.41, 5.74) is 0.687. The van der Waals surface area contributed by atoms with Gasteiger partial charge in [0.25, 0.3) is 5.91 Å². The van der Waals surface area contributed by atoms with E-state index in [9.17, 15) is 9.18 Å². The Morgan fingerprint density at radius 1 is 1.17 bits per heavy atom. The highest BCUT2D eigenvalue weighted by atomic mass is 19.1. The first-order valence-corrected chi connectivity index (χ1v) is 7.26. The first-order valence-electron chi connectivity index (χ1n) is 7.26. The second kappa shape index (κ2) is 6.52. The van der Waals surface area contributed by atoms with E-state index in [2.05, 4.69) is 0 Å². The van der Waals surface area contributed by atoms with Gasteiger partial charge in [-0.2, -0.15) is 0 Å². The molecule has 0 fully saturated rings. The van der Waals surface area contributed by atoms with Crippen LogP contribution in [0.1, 0.15) is 10.6 Å². The number of carbonyl (C=O) groups is 1. The molecule has 0 spiro atoms. The van der Waals surface area contributed by atoms with E-state index in [4.69, 9.17) is 9.15 Å². The molecule has 0 aliphatic rings. The molecule has 3 rings (SSSR count). The normalized spacial score (nSPS) is 10.7. The number of carbonyl (C=O) groups excluding carboxylic acids is 1. The fourth-order valence-electron chi connectivity index (χ4n) is 2.21. The van der Waals surface area contributed by atoms with Crippen molar-refractivity contribution in [2.75, 3.05) is 20.2 Å². The van der Waals surface area contributed by atoms with Crippen LogP contribution in [0.15, 0.2) is 59.0 Å². The van der Waals surface area contributed by atoms with Gasteiger partial charge >= 0.3 is 0 Å². The van der Waals surface area contributed by atoms with E-state index in [0.29, 0.717) is 30.2 Å². The molecule has 1 heterocycles. The summed E-state index contributed by atoms with van der Waals surface area (Å²) in [6.07, 6.45) is 0. The van der Waals surface area contributed by atoms with Crippen molar-refractivity contribution in [2.24, 2.45) is 0 Å². The molecule has 2 aromatic carbocycles. The second-order valence-electron chi connectivity index (χ2n) is 5.18. The Bertz CT molecular complexity index is 778. The maximum Gasteiger partial charge on any atom is 0.289 e. The van der Waals surface area contributed by atoms with Crippen LogP contribution < -0.4 is 4.74 Å². The standard InChI is InChI=1S/C18H16FNO3/c1-20(10-11-22-15-8-6-14(19)7-9-15)18(21)17-12-13-4-2-3-5-16(13)23-17/h2-9,12H,10-11H2,1H3. The first kappa shape index (κ1) is 15.1. The predicted molar refractivity (Wildman–Crippen MR) is 85.1 cm³/mol. The Balaban J connectivity index is 1.57. The van der Waals surface area contributed by atoms with Gasteiger partial charge in [0.2, 0.25) is 0 Å². The number of fused-ring (bicyclic) bond motifs is 1. The number of benzene rings is 2. The molecule has 23 heavy (non-hydrogen) atoms. The van der Waals surface area contributed by atoms with Crippen molar-refractivity contribution in [3.05, 3.63) is 66.2 Å². The number of likely N-dealkylation sites (N-methyl/N-ethyl adjacent to an activating group) is 1. The predicted octanol–water partition coefficient (Wildman–Crippen LogP) is 3.72. The largest absolute Gasteiger partial charge is 0.492 e. The van der Waals surface area contributed by atoms with E-state index in [1.165, 1.54) is 17.0 Å². The van der Waals surface area contributed by atoms with E-state index < -0.39 is 0 Å². The summed E-state index contributed by atoms with van der Waals surface area (Å²) in [4.78, 5) is 13.9. The van der Waals surface area contributed by atoms with Crippen LogP contribution in [0.25, 0.3) is 11.0 Å². The molecule has 0 saturated carbocycles. The zero-order valence-electron chi connectivity index (χ0n) is 12.7. The third-order valence-electron chi connectivity index (χ3n) is 3.49. The van der Waals surface area contributed by atoms with Gasteiger partial charge in [0, 0.05) is 12.4 Å². The number of hydrogen-bond donors (Lipinski definition) is 0. The summed E-state index contributed by atoms with van der Waals surface area (Å²) in [7, 11) is 1.68. The second-order valence-corrected chi connectivity index (χ2v) is 5.18.